The Morgan fingerprint density at radius 3 is 1.30 bits per heavy atom. The van der Waals surface area contributed by atoms with Crippen LogP contribution in [0.5, 0.6) is 11.5 Å². The lowest BCUT2D eigenvalue weighted by molar-refractivity contribution is 0.412. The lowest BCUT2D eigenvalue weighted by Crippen LogP contribution is -2.11. The van der Waals surface area contributed by atoms with Crippen LogP contribution in [0.25, 0.3) is 32.3 Å². The molecule has 0 saturated carbocycles. The van der Waals surface area contributed by atoms with E-state index >= 15 is 0 Å². The molecule has 1 aliphatic carbocycles. The van der Waals surface area contributed by atoms with Gasteiger partial charge in [-0.15, -0.1) is 0 Å². The molecule has 0 aliphatic heterocycles. The fraction of sp³-hybridized carbons (Fsp3) is 0.174. The minimum absolute atomic E-state index is 0.0469. The first-order chi connectivity index (χ1) is 24.2. The highest BCUT2D eigenvalue weighted by atomic mass is 16.3. The third-order valence-electron chi connectivity index (χ3n) is 9.75. The van der Waals surface area contributed by atoms with Crippen LogP contribution in [0.15, 0.2) is 131 Å². The summed E-state index contributed by atoms with van der Waals surface area (Å²) in [6.45, 7) is 13.3. The van der Waals surface area contributed by atoms with Crippen molar-refractivity contribution in [3.05, 3.63) is 155 Å². The van der Waals surface area contributed by atoms with Crippen molar-refractivity contribution in [2.24, 2.45) is 9.98 Å². The highest BCUT2D eigenvalue weighted by molar-refractivity contribution is 6.61. The summed E-state index contributed by atoms with van der Waals surface area (Å²) in [7, 11) is 0. The second-order valence-corrected chi connectivity index (χ2v) is 13.8. The Labute approximate surface area is 294 Å². The number of phenolic OH excluding ortho intramolecular Hbond substituents is 2. The molecule has 4 heteroatoms. The molecule has 0 saturated heterocycles. The SMILES string of the molecule is Cc1cccc(C)c1N=C1C(=Nc2c(C(C)C)cccc2C(C)C)c2cccc3cccc1c23.Oc1c(O)c2ccccc2c2ccccc12. The maximum atomic E-state index is 9.91. The molecule has 7 aromatic carbocycles. The molecule has 0 amide bonds. The first kappa shape index (κ1) is 32.8. The summed E-state index contributed by atoms with van der Waals surface area (Å²) in [4.78, 5) is 10.8. The summed E-state index contributed by atoms with van der Waals surface area (Å²) in [6, 6.07) is 41.0. The van der Waals surface area contributed by atoms with Crippen LogP contribution in [0.4, 0.5) is 11.4 Å². The quantitative estimate of drug-likeness (QED) is 0.146. The monoisotopic (exact) mass is 654 g/mol. The van der Waals surface area contributed by atoms with E-state index in [1.807, 2.05) is 36.4 Å². The Hall–Kier alpha value is -5.74. The van der Waals surface area contributed by atoms with Gasteiger partial charge in [-0.25, -0.2) is 9.98 Å². The van der Waals surface area contributed by atoms with Crippen molar-refractivity contribution >= 4 is 55.1 Å². The summed E-state index contributed by atoms with van der Waals surface area (Å²) in [6.07, 6.45) is 0. The van der Waals surface area contributed by atoms with Gasteiger partial charge in [0.25, 0.3) is 0 Å². The molecular weight excluding hydrogens is 613 g/mol. The average Bonchev–Trinajstić information content (AvgIpc) is 3.42. The van der Waals surface area contributed by atoms with E-state index in [1.165, 1.54) is 44.2 Å². The molecule has 4 nitrogen and oxygen atoms in total. The predicted octanol–water partition coefficient (Wildman–Crippen LogP) is 12.4. The van der Waals surface area contributed by atoms with Gasteiger partial charge < -0.3 is 10.2 Å². The minimum Gasteiger partial charge on any atom is -0.504 e. The molecule has 0 heterocycles. The van der Waals surface area contributed by atoms with Crippen LogP contribution < -0.4 is 0 Å². The van der Waals surface area contributed by atoms with Crippen LogP contribution in [0, 0.1) is 13.8 Å². The van der Waals surface area contributed by atoms with E-state index in [4.69, 9.17) is 9.98 Å². The number of nitrogens with zero attached hydrogens (tertiary/aromatic N) is 2. The first-order valence-corrected chi connectivity index (χ1v) is 17.4. The third kappa shape index (κ3) is 5.71. The van der Waals surface area contributed by atoms with E-state index in [0.717, 1.165) is 33.6 Å². The maximum absolute atomic E-state index is 9.91. The molecule has 50 heavy (non-hydrogen) atoms. The molecule has 7 aromatic rings. The Balaban J connectivity index is 0.000000203. The second kappa shape index (κ2) is 13.3. The molecule has 0 radical (unpaired) electrons. The highest BCUT2D eigenvalue weighted by Crippen LogP contribution is 2.42. The number of phenols is 2. The van der Waals surface area contributed by atoms with E-state index in [1.54, 1.807) is 12.1 Å². The van der Waals surface area contributed by atoms with Gasteiger partial charge in [0, 0.05) is 27.3 Å². The number of benzene rings is 7. The number of para-hydroxylation sites is 2. The molecule has 248 valence electrons. The largest absolute Gasteiger partial charge is 0.504 e. The van der Waals surface area contributed by atoms with E-state index in [2.05, 4.69) is 114 Å². The molecule has 0 bridgehead atoms. The van der Waals surface area contributed by atoms with Gasteiger partial charge in [0.15, 0.2) is 11.5 Å². The number of aryl methyl sites for hydroxylation is 2. The van der Waals surface area contributed by atoms with Gasteiger partial charge in [-0.1, -0.05) is 149 Å². The van der Waals surface area contributed by atoms with Crippen molar-refractivity contribution in [2.75, 3.05) is 0 Å². The lowest BCUT2D eigenvalue weighted by Gasteiger charge is -2.17. The van der Waals surface area contributed by atoms with Crippen LogP contribution in [0.3, 0.4) is 0 Å². The summed E-state index contributed by atoms with van der Waals surface area (Å²) in [5.41, 5.74) is 11.4. The van der Waals surface area contributed by atoms with Crippen molar-refractivity contribution in [1.29, 1.82) is 0 Å². The Bertz CT molecular complexity index is 2370. The third-order valence-corrected chi connectivity index (χ3v) is 9.75. The molecule has 0 aromatic heterocycles. The molecule has 0 spiro atoms. The van der Waals surface area contributed by atoms with Crippen LogP contribution in [-0.2, 0) is 0 Å². The van der Waals surface area contributed by atoms with Gasteiger partial charge >= 0.3 is 0 Å². The second-order valence-electron chi connectivity index (χ2n) is 13.8. The first-order valence-electron chi connectivity index (χ1n) is 17.4. The summed E-state index contributed by atoms with van der Waals surface area (Å²) >= 11 is 0. The van der Waals surface area contributed by atoms with Crippen LogP contribution in [0.2, 0.25) is 0 Å². The number of rotatable bonds is 4. The molecule has 1 aliphatic rings. The molecule has 8 rings (SSSR count). The van der Waals surface area contributed by atoms with E-state index in [0.29, 0.717) is 22.6 Å². The van der Waals surface area contributed by atoms with Gasteiger partial charge in [0.2, 0.25) is 0 Å². The number of hydrogen-bond donors (Lipinski definition) is 2. The molecule has 0 atom stereocenters. The average molecular weight is 655 g/mol. The normalized spacial score (nSPS) is 14.0. The topological polar surface area (TPSA) is 65.2 Å². The number of aliphatic imine (C=N–C) groups is 2. The van der Waals surface area contributed by atoms with Crippen LogP contribution in [0.1, 0.15) is 72.9 Å². The molecule has 0 unspecified atom stereocenters. The van der Waals surface area contributed by atoms with Crippen molar-refractivity contribution in [3.63, 3.8) is 0 Å². The summed E-state index contributed by atoms with van der Waals surface area (Å²) < 4.78 is 0. The standard InChI is InChI=1S/C32H32N2.C14H10O2/c1-19(2)24-15-10-16-25(20(3)4)30(24)34-32-27-18-9-14-23-13-8-17-26(28(23)27)31(32)33-29-21(5)11-7-12-22(29)6;15-13-11-7-3-1-5-9(11)10-6-2-4-8-12(10)14(13)16/h7-20H,1-6H3;1-8,15-16H. The van der Waals surface area contributed by atoms with Gasteiger partial charge in [-0.05, 0) is 64.1 Å². The van der Waals surface area contributed by atoms with E-state index in [-0.39, 0.29) is 11.5 Å². The van der Waals surface area contributed by atoms with Crippen molar-refractivity contribution in [3.8, 4) is 11.5 Å². The van der Waals surface area contributed by atoms with Crippen LogP contribution in [-0.4, -0.2) is 21.6 Å². The number of hydrogen-bond acceptors (Lipinski definition) is 4. The fourth-order valence-electron chi connectivity index (χ4n) is 7.17. The number of fused-ring (bicyclic) bond motifs is 3. The van der Waals surface area contributed by atoms with Crippen molar-refractivity contribution < 1.29 is 10.2 Å². The maximum Gasteiger partial charge on any atom is 0.166 e. The predicted molar refractivity (Wildman–Crippen MR) is 212 cm³/mol. The van der Waals surface area contributed by atoms with Gasteiger partial charge in [-0.3, -0.25) is 0 Å². The number of aromatic hydroxyl groups is 2. The Morgan fingerprint density at radius 1 is 0.440 bits per heavy atom. The molecule has 2 N–H and O–H groups in total. The minimum atomic E-state index is -0.0469. The summed E-state index contributed by atoms with van der Waals surface area (Å²) in [5.74, 6) is 0.678. The zero-order valence-electron chi connectivity index (χ0n) is 29.5. The highest BCUT2D eigenvalue weighted by Gasteiger charge is 2.28. The zero-order valence-corrected chi connectivity index (χ0v) is 29.5. The smallest absolute Gasteiger partial charge is 0.166 e. The molecular formula is C46H42N2O2. The van der Waals surface area contributed by atoms with E-state index < -0.39 is 0 Å². The van der Waals surface area contributed by atoms with Gasteiger partial charge in [-0.2, -0.15) is 0 Å². The van der Waals surface area contributed by atoms with Gasteiger partial charge in [0.1, 0.15) is 0 Å². The summed E-state index contributed by atoms with van der Waals surface area (Å²) in [5, 5.41) is 25.6. The van der Waals surface area contributed by atoms with Crippen LogP contribution >= 0.6 is 0 Å². The fourth-order valence-corrected chi connectivity index (χ4v) is 7.17. The van der Waals surface area contributed by atoms with Crippen molar-refractivity contribution in [2.45, 2.75) is 53.4 Å². The van der Waals surface area contributed by atoms with E-state index in [9.17, 15) is 10.2 Å². The Kier molecular flexibility index (Phi) is 8.71. The lowest BCUT2D eigenvalue weighted by atomic mass is 9.92. The zero-order chi connectivity index (χ0) is 35.1. The van der Waals surface area contributed by atoms with Crippen molar-refractivity contribution in [1.82, 2.24) is 0 Å². The molecule has 0 fully saturated rings. The Morgan fingerprint density at radius 2 is 0.840 bits per heavy atom. The van der Waals surface area contributed by atoms with Gasteiger partial charge in [0.05, 0.1) is 22.8 Å².